The lowest BCUT2D eigenvalue weighted by molar-refractivity contribution is -0.179. The normalized spacial score (nSPS) is 20.4. The van der Waals surface area contributed by atoms with Crippen molar-refractivity contribution in [2.45, 2.75) is 124 Å². The van der Waals surface area contributed by atoms with Crippen LogP contribution < -0.4 is 4.74 Å². The Labute approximate surface area is 199 Å². The van der Waals surface area contributed by atoms with Crippen LogP contribution in [0.15, 0.2) is 6.07 Å². The molecule has 0 aliphatic carbocycles. The highest BCUT2D eigenvalue weighted by atomic mass is 19.4. The minimum atomic E-state index is -4.07. The van der Waals surface area contributed by atoms with E-state index in [1.54, 1.807) is 0 Å². The van der Waals surface area contributed by atoms with Gasteiger partial charge < -0.3 is 9.84 Å². The van der Waals surface area contributed by atoms with E-state index in [2.05, 4.69) is 27.7 Å². The standard InChI is InChI=1S/C28H45F3O2/c1-19(2)10-7-13-23(28(29,30)31)14-8-11-20(3)12-9-16-27(6)17-15-24-22(5)26(32)21(4)18-25(24)33-27/h18-20,23,32H,7-17H2,1-6H3. The molecule has 1 aliphatic rings. The summed E-state index contributed by atoms with van der Waals surface area (Å²) in [7, 11) is 0. The average molecular weight is 471 g/mol. The van der Waals surface area contributed by atoms with Gasteiger partial charge in [0.2, 0.25) is 0 Å². The second-order valence-electron chi connectivity index (χ2n) is 11.2. The van der Waals surface area contributed by atoms with E-state index in [1.165, 1.54) is 0 Å². The first-order valence-electron chi connectivity index (χ1n) is 12.9. The zero-order valence-electron chi connectivity index (χ0n) is 21.6. The molecule has 0 radical (unpaired) electrons. The summed E-state index contributed by atoms with van der Waals surface area (Å²) in [5.74, 6) is 0.991. The summed E-state index contributed by atoms with van der Waals surface area (Å²) in [4.78, 5) is 0. The number of aromatic hydroxyl groups is 1. The number of ether oxygens (including phenoxy) is 1. The number of fused-ring (bicyclic) bond motifs is 1. The van der Waals surface area contributed by atoms with Crippen molar-refractivity contribution in [3.05, 3.63) is 22.8 Å². The van der Waals surface area contributed by atoms with Crippen molar-refractivity contribution in [3.8, 4) is 11.5 Å². The third kappa shape index (κ3) is 8.40. The first-order chi connectivity index (χ1) is 15.3. The lowest BCUT2D eigenvalue weighted by Gasteiger charge is -2.37. The largest absolute Gasteiger partial charge is 0.507 e. The molecule has 1 heterocycles. The van der Waals surface area contributed by atoms with Crippen molar-refractivity contribution in [2.24, 2.45) is 17.8 Å². The molecule has 1 aliphatic heterocycles. The summed E-state index contributed by atoms with van der Waals surface area (Å²) in [6, 6.07) is 1.94. The minimum absolute atomic E-state index is 0.222. The van der Waals surface area contributed by atoms with E-state index < -0.39 is 12.1 Å². The van der Waals surface area contributed by atoms with Gasteiger partial charge in [-0.15, -0.1) is 0 Å². The third-order valence-corrected chi connectivity index (χ3v) is 7.54. The number of phenolic OH excluding ortho intramolecular Hbond substituents is 1. The molecule has 3 atom stereocenters. The van der Waals surface area contributed by atoms with Gasteiger partial charge in [0, 0.05) is 5.56 Å². The number of benzene rings is 1. The summed E-state index contributed by atoms with van der Waals surface area (Å²) in [6.45, 7) is 12.3. The Kier molecular flexibility index (Phi) is 9.99. The van der Waals surface area contributed by atoms with Crippen LogP contribution in [0.2, 0.25) is 0 Å². The van der Waals surface area contributed by atoms with Gasteiger partial charge >= 0.3 is 6.18 Å². The molecule has 1 N–H and O–H groups in total. The number of phenols is 1. The molecule has 5 heteroatoms. The summed E-state index contributed by atoms with van der Waals surface area (Å²) in [6.07, 6.45) is 4.28. The van der Waals surface area contributed by atoms with Crippen molar-refractivity contribution in [1.29, 1.82) is 0 Å². The Morgan fingerprint density at radius 2 is 1.61 bits per heavy atom. The fourth-order valence-electron chi connectivity index (χ4n) is 5.18. The fourth-order valence-corrected chi connectivity index (χ4v) is 5.18. The first kappa shape index (κ1) is 27.9. The van der Waals surface area contributed by atoms with Gasteiger partial charge in [0.15, 0.2) is 0 Å². The van der Waals surface area contributed by atoms with Crippen LogP contribution in [0.3, 0.4) is 0 Å². The molecular weight excluding hydrogens is 425 g/mol. The Bertz CT molecular complexity index is 756. The molecule has 1 aromatic carbocycles. The predicted octanol–water partition coefficient (Wildman–Crippen LogP) is 9.07. The first-order valence-corrected chi connectivity index (χ1v) is 12.9. The van der Waals surface area contributed by atoms with Crippen molar-refractivity contribution in [1.82, 2.24) is 0 Å². The van der Waals surface area contributed by atoms with Gasteiger partial charge in [-0.3, -0.25) is 0 Å². The van der Waals surface area contributed by atoms with Crippen molar-refractivity contribution < 1.29 is 23.0 Å². The van der Waals surface area contributed by atoms with Gasteiger partial charge in [0.1, 0.15) is 17.1 Å². The highest BCUT2D eigenvalue weighted by Crippen LogP contribution is 2.42. The van der Waals surface area contributed by atoms with E-state index in [9.17, 15) is 18.3 Å². The van der Waals surface area contributed by atoms with E-state index in [1.807, 2.05) is 19.9 Å². The van der Waals surface area contributed by atoms with E-state index >= 15 is 0 Å². The molecule has 1 aromatic rings. The maximum Gasteiger partial charge on any atom is 0.391 e. The molecule has 0 fully saturated rings. The molecule has 33 heavy (non-hydrogen) atoms. The summed E-state index contributed by atoms with van der Waals surface area (Å²) in [5, 5.41) is 10.2. The summed E-state index contributed by atoms with van der Waals surface area (Å²) >= 11 is 0. The zero-order chi connectivity index (χ0) is 24.8. The maximum atomic E-state index is 13.4. The second kappa shape index (κ2) is 11.8. The summed E-state index contributed by atoms with van der Waals surface area (Å²) < 4.78 is 46.5. The Morgan fingerprint density at radius 3 is 2.21 bits per heavy atom. The quantitative estimate of drug-likeness (QED) is 0.330. The van der Waals surface area contributed by atoms with Gasteiger partial charge in [-0.05, 0) is 88.3 Å². The van der Waals surface area contributed by atoms with Gasteiger partial charge in [-0.25, -0.2) is 0 Å². The SMILES string of the molecule is Cc1cc2c(c(C)c1O)CCC(C)(CCCC(C)CCCC(CCCC(C)C)C(F)(F)F)O2. The van der Waals surface area contributed by atoms with E-state index in [0.29, 0.717) is 30.4 Å². The van der Waals surface area contributed by atoms with Crippen LogP contribution in [0.4, 0.5) is 13.2 Å². The smallest absolute Gasteiger partial charge is 0.391 e. The van der Waals surface area contributed by atoms with Crippen LogP contribution in [0.5, 0.6) is 11.5 Å². The van der Waals surface area contributed by atoms with Crippen LogP contribution in [0.1, 0.15) is 109 Å². The number of rotatable bonds is 12. The van der Waals surface area contributed by atoms with Crippen LogP contribution in [-0.2, 0) is 6.42 Å². The fraction of sp³-hybridized carbons (Fsp3) is 0.786. The minimum Gasteiger partial charge on any atom is -0.507 e. The molecule has 0 aromatic heterocycles. The van der Waals surface area contributed by atoms with Crippen LogP contribution in [0, 0.1) is 31.6 Å². The lowest BCUT2D eigenvalue weighted by Crippen LogP contribution is -2.36. The molecule has 0 amide bonds. The highest BCUT2D eigenvalue weighted by molar-refractivity contribution is 5.53. The molecule has 0 bridgehead atoms. The summed E-state index contributed by atoms with van der Waals surface area (Å²) in [5.41, 5.74) is 2.64. The number of alkyl halides is 3. The van der Waals surface area contributed by atoms with Crippen LogP contribution in [-0.4, -0.2) is 16.9 Å². The molecule has 0 saturated heterocycles. The zero-order valence-corrected chi connectivity index (χ0v) is 21.6. The second-order valence-corrected chi connectivity index (χ2v) is 11.2. The van der Waals surface area contributed by atoms with E-state index in [4.69, 9.17) is 4.74 Å². The molecular formula is C28H45F3O2. The van der Waals surface area contributed by atoms with Crippen molar-refractivity contribution in [2.75, 3.05) is 0 Å². The molecule has 0 spiro atoms. The number of aryl methyl sites for hydroxylation is 1. The molecule has 0 saturated carbocycles. The third-order valence-electron chi connectivity index (χ3n) is 7.54. The van der Waals surface area contributed by atoms with Gasteiger partial charge in [-0.1, -0.05) is 52.9 Å². The van der Waals surface area contributed by atoms with Crippen LogP contribution >= 0.6 is 0 Å². The lowest BCUT2D eigenvalue weighted by atomic mass is 9.84. The molecule has 190 valence electrons. The average Bonchev–Trinajstić information content (AvgIpc) is 2.69. The Hall–Kier alpha value is -1.39. The predicted molar refractivity (Wildman–Crippen MR) is 130 cm³/mol. The topological polar surface area (TPSA) is 29.5 Å². The molecule has 3 unspecified atom stereocenters. The number of halogens is 3. The monoisotopic (exact) mass is 470 g/mol. The van der Waals surface area contributed by atoms with E-state index in [0.717, 1.165) is 67.4 Å². The molecule has 2 nitrogen and oxygen atoms in total. The number of hydrogen-bond acceptors (Lipinski definition) is 2. The highest BCUT2D eigenvalue weighted by Gasteiger charge is 2.38. The van der Waals surface area contributed by atoms with Crippen molar-refractivity contribution >= 4 is 0 Å². The van der Waals surface area contributed by atoms with Gasteiger partial charge in [-0.2, -0.15) is 13.2 Å². The maximum absolute atomic E-state index is 13.4. The van der Waals surface area contributed by atoms with E-state index in [-0.39, 0.29) is 18.4 Å². The van der Waals surface area contributed by atoms with Crippen LogP contribution in [0.25, 0.3) is 0 Å². The Balaban J connectivity index is 1.76. The molecule has 2 rings (SSSR count). The van der Waals surface area contributed by atoms with Crippen molar-refractivity contribution in [3.63, 3.8) is 0 Å². The van der Waals surface area contributed by atoms with Gasteiger partial charge in [0.05, 0.1) is 5.92 Å². The number of hydrogen-bond donors (Lipinski definition) is 1. The Morgan fingerprint density at radius 1 is 1.00 bits per heavy atom. The van der Waals surface area contributed by atoms with Gasteiger partial charge in [0.25, 0.3) is 0 Å².